The Bertz CT molecular complexity index is 488. The van der Waals surface area contributed by atoms with Crippen molar-refractivity contribution < 1.29 is 9.59 Å². The Balaban J connectivity index is 2.27. The van der Waals surface area contributed by atoms with E-state index in [1.807, 2.05) is 30.3 Å². The minimum Gasteiger partial charge on any atom is -0.304 e. The largest absolute Gasteiger partial charge is 0.304 e. The van der Waals surface area contributed by atoms with Gasteiger partial charge in [0, 0.05) is 0 Å². The molecule has 1 aromatic carbocycles. The van der Waals surface area contributed by atoms with Crippen molar-refractivity contribution in [1.82, 2.24) is 4.90 Å². The fraction of sp³-hybridized carbons (Fsp3) is 0.286. The summed E-state index contributed by atoms with van der Waals surface area (Å²) < 4.78 is 0. The molecule has 1 fully saturated rings. The summed E-state index contributed by atoms with van der Waals surface area (Å²) in [5, 5.41) is 0. The fourth-order valence-corrected chi connectivity index (χ4v) is 1.97. The molecule has 3 nitrogen and oxygen atoms in total. The molecule has 0 unspecified atom stereocenters. The Hall–Kier alpha value is -1.90. The zero-order chi connectivity index (χ0) is 12.6. The van der Waals surface area contributed by atoms with Gasteiger partial charge in [0.2, 0.25) is 5.91 Å². The zero-order valence-corrected chi connectivity index (χ0v) is 10.1. The molecule has 88 valence electrons. The Morgan fingerprint density at radius 1 is 1.18 bits per heavy atom. The molecule has 0 saturated carbocycles. The summed E-state index contributed by atoms with van der Waals surface area (Å²) in [6.07, 6.45) is 0. The fourth-order valence-electron chi connectivity index (χ4n) is 1.97. The second-order valence-electron chi connectivity index (χ2n) is 4.78. The molecule has 1 saturated heterocycles. The molecule has 1 aromatic rings. The Labute approximate surface area is 101 Å². The van der Waals surface area contributed by atoms with Crippen molar-refractivity contribution in [1.29, 1.82) is 0 Å². The molecule has 1 aliphatic rings. The highest BCUT2D eigenvalue weighted by atomic mass is 16.2. The van der Waals surface area contributed by atoms with Crippen LogP contribution in [0.25, 0.3) is 0 Å². The number of nitrogens with zero attached hydrogens (tertiary/aromatic N) is 1. The summed E-state index contributed by atoms with van der Waals surface area (Å²) >= 11 is 0. The van der Waals surface area contributed by atoms with Crippen molar-refractivity contribution in [3.05, 3.63) is 48.2 Å². The molecule has 1 heterocycles. The Kier molecular flexibility index (Phi) is 2.62. The highest BCUT2D eigenvalue weighted by Gasteiger charge is 2.49. The van der Waals surface area contributed by atoms with E-state index in [4.69, 9.17) is 0 Å². The van der Waals surface area contributed by atoms with Gasteiger partial charge in [-0.2, -0.15) is 0 Å². The van der Waals surface area contributed by atoms with Crippen LogP contribution in [0, 0.1) is 5.41 Å². The average Bonchev–Trinajstić information content (AvgIpc) is 2.46. The van der Waals surface area contributed by atoms with Crippen LogP contribution in [0.3, 0.4) is 0 Å². The lowest BCUT2D eigenvalue weighted by Crippen LogP contribution is -2.31. The van der Waals surface area contributed by atoms with E-state index in [2.05, 4.69) is 6.58 Å². The third kappa shape index (κ3) is 1.78. The summed E-state index contributed by atoms with van der Waals surface area (Å²) in [6, 6.07) is 9.59. The predicted octanol–water partition coefficient (Wildman–Crippen LogP) is 2.14. The average molecular weight is 229 g/mol. The zero-order valence-electron chi connectivity index (χ0n) is 10.1. The first-order valence-electron chi connectivity index (χ1n) is 5.54. The second kappa shape index (κ2) is 3.84. The Morgan fingerprint density at radius 2 is 1.76 bits per heavy atom. The van der Waals surface area contributed by atoms with Crippen molar-refractivity contribution in [2.24, 2.45) is 5.41 Å². The molecule has 0 spiro atoms. The number of Topliss-reactive ketones (excluding diaryl/α,β-unsaturated/α-hetero) is 1. The van der Waals surface area contributed by atoms with Gasteiger partial charge in [-0.05, 0) is 19.4 Å². The molecule has 0 aliphatic carbocycles. The van der Waals surface area contributed by atoms with E-state index in [-0.39, 0.29) is 11.7 Å². The predicted molar refractivity (Wildman–Crippen MR) is 64.9 cm³/mol. The summed E-state index contributed by atoms with van der Waals surface area (Å²) in [5.74, 6) is -0.352. The van der Waals surface area contributed by atoms with Crippen LogP contribution in [0.15, 0.2) is 42.6 Å². The number of hydrogen-bond donors (Lipinski definition) is 0. The van der Waals surface area contributed by atoms with Crippen molar-refractivity contribution in [2.45, 2.75) is 20.4 Å². The monoisotopic (exact) mass is 229 g/mol. The number of likely N-dealkylation sites (tertiary alicyclic amines) is 1. The minimum atomic E-state index is -0.966. The van der Waals surface area contributed by atoms with E-state index in [1.165, 1.54) is 4.90 Å². The number of carbonyl (C=O) groups is 2. The van der Waals surface area contributed by atoms with Gasteiger partial charge < -0.3 is 4.90 Å². The van der Waals surface area contributed by atoms with Crippen molar-refractivity contribution in [2.75, 3.05) is 0 Å². The molecule has 17 heavy (non-hydrogen) atoms. The number of hydrogen-bond acceptors (Lipinski definition) is 2. The van der Waals surface area contributed by atoms with Gasteiger partial charge in [-0.1, -0.05) is 36.9 Å². The first-order valence-corrected chi connectivity index (χ1v) is 5.54. The number of benzene rings is 1. The van der Waals surface area contributed by atoms with Gasteiger partial charge in [0.25, 0.3) is 0 Å². The normalized spacial score (nSPS) is 18.9. The van der Waals surface area contributed by atoms with Crippen LogP contribution in [0.2, 0.25) is 0 Å². The Morgan fingerprint density at radius 3 is 2.24 bits per heavy atom. The minimum absolute atomic E-state index is 0.170. The van der Waals surface area contributed by atoms with E-state index >= 15 is 0 Å². The van der Waals surface area contributed by atoms with Gasteiger partial charge in [-0.25, -0.2) is 0 Å². The molecular formula is C14H15NO2. The van der Waals surface area contributed by atoms with Crippen molar-refractivity contribution in [3.8, 4) is 0 Å². The third-order valence-electron chi connectivity index (χ3n) is 3.12. The van der Waals surface area contributed by atoms with Crippen LogP contribution >= 0.6 is 0 Å². The van der Waals surface area contributed by atoms with Gasteiger partial charge in [-0.3, -0.25) is 9.59 Å². The lowest BCUT2D eigenvalue weighted by molar-refractivity contribution is -0.137. The first kappa shape index (κ1) is 11.6. The van der Waals surface area contributed by atoms with Gasteiger partial charge in [-0.15, -0.1) is 0 Å². The van der Waals surface area contributed by atoms with Crippen LogP contribution in [0.4, 0.5) is 0 Å². The third-order valence-corrected chi connectivity index (χ3v) is 3.12. The topological polar surface area (TPSA) is 37.4 Å². The molecule has 0 bridgehead atoms. The van der Waals surface area contributed by atoms with Gasteiger partial charge in [0.15, 0.2) is 5.78 Å². The number of ketones is 1. The van der Waals surface area contributed by atoms with E-state index in [0.717, 1.165) is 5.56 Å². The molecule has 1 aliphatic heterocycles. The van der Waals surface area contributed by atoms with Crippen molar-refractivity contribution >= 4 is 11.7 Å². The van der Waals surface area contributed by atoms with E-state index < -0.39 is 5.41 Å². The maximum absolute atomic E-state index is 12.1. The highest BCUT2D eigenvalue weighted by molar-refractivity contribution is 6.19. The molecule has 0 N–H and O–H groups in total. The molecule has 1 amide bonds. The molecule has 0 radical (unpaired) electrons. The first-order chi connectivity index (χ1) is 7.94. The van der Waals surface area contributed by atoms with Gasteiger partial charge in [0.1, 0.15) is 5.41 Å². The summed E-state index contributed by atoms with van der Waals surface area (Å²) in [7, 11) is 0. The number of amides is 1. The van der Waals surface area contributed by atoms with Crippen LogP contribution in [-0.4, -0.2) is 16.6 Å². The number of carbonyl (C=O) groups excluding carboxylic acids is 2. The lowest BCUT2D eigenvalue weighted by Gasteiger charge is -2.18. The summed E-state index contributed by atoms with van der Waals surface area (Å²) in [4.78, 5) is 25.4. The molecule has 0 atom stereocenters. The molecule has 2 rings (SSSR count). The molecular weight excluding hydrogens is 214 g/mol. The SMILES string of the molecule is C=C1C(=O)C(C)(C)C(=O)N1Cc1ccccc1. The van der Waals surface area contributed by atoms with Crippen LogP contribution in [-0.2, 0) is 16.1 Å². The van der Waals surface area contributed by atoms with Crippen molar-refractivity contribution in [3.63, 3.8) is 0 Å². The van der Waals surface area contributed by atoms with Crippen LogP contribution in [0.5, 0.6) is 0 Å². The molecule has 3 heteroatoms. The number of rotatable bonds is 2. The van der Waals surface area contributed by atoms with Crippen LogP contribution < -0.4 is 0 Å². The highest BCUT2D eigenvalue weighted by Crippen LogP contribution is 2.34. The van der Waals surface area contributed by atoms with Gasteiger partial charge >= 0.3 is 0 Å². The summed E-state index contributed by atoms with van der Waals surface area (Å²) in [6.45, 7) is 7.42. The maximum atomic E-state index is 12.1. The second-order valence-corrected chi connectivity index (χ2v) is 4.78. The maximum Gasteiger partial charge on any atom is 0.240 e. The van der Waals surface area contributed by atoms with Crippen LogP contribution in [0.1, 0.15) is 19.4 Å². The molecule has 0 aromatic heterocycles. The quantitative estimate of drug-likeness (QED) is 0.575. The van der Waals surface area contributed by atoms with E-state index in [1.54, 1.807) is 13.8 Å². The number of allylic oxidation sites excluding steroid dienone is 1. The summed E-state index contributed by atoms with van der Waals surface area (Å²) in [5.41, 5.74) is 0.322. The van der Waals surface area contributed by atoms with E-state index in [9.17, 15) is 9.59 Å². The van der Waals surface area contributed by atoms with E-state index in [0.29, 0.717) is 12.2 Å². The smallest absolute Gasteiger partial charge is 0.240 e. The standard InChI is InChI=1S/C14H15NO2/c1-10-12(16)14(2,3)13(17)15(10)9-11-7-5-4-6-8-11/h4-8H,1,9H2,2-3H3. The van der Waals surface area contributed by atoms with Gasteiger partial charge in [0.05, 0.1) is 12.2 Å². The lowest BCUT2D eigenvalue weighted by atomic mass is 9.90.